The summed E-state index contributed by atoms with van der Waals surface area (Å²) < 4.78 is 5.91. The molecule has 0 saturated carbocycles. The van der Waals surface area contributed by atoms with Crippen LogP contribution in [0.4, 0.5) is 0 Å². The lowest BCUT2D eigenvalue weighted by molar-refractivity contribution is -0.124. The quantitative estimate of drug-likeness (QED) is 0.804. The molecule has 0 unspecified atom stereocenters. The van der Waals surface area contributed by atoms with Crippen LogP contribution in [-0.4, -0.2) is 18.5 Å². The molecule has 0 radical (unpaired) electrons. The zero-order valence-corrected chi connectivity index (χ0v) is 13.9. The maximum atomic E-state index is 11.7. The number of carbonyl (C=O) groups is 2. The molecule has 0 fully saturated rings. The molecule has 0 atom stereocenters. The molecule has 0 aromatic heterocycles. The summed E-state index contributed by atoms with van der Waals surface area (Å²) in [6.07, 6.45) is 0. The number of rotatable bonds is 5. The lowest BCUT2D eigenvalue weighted by Gasteiger charge is -2.07. The third-order valence-electron chi connectivity index (χ3n) is 2.82. The number of benzene rings is 2. The molecule has 4 nitrogen and oxygen atoms in total. The number of ether oxygens (including phenoxy) is 1. The first-order chi connectivity index (χ1) is 10.5. The second-order valence-corrected chi connectivity index (χ2v) is 5.84. The Morgan fingerprint density at radius 3 is 2.32 bits per heavy atom. The van der Waals surface area contributed by atoms with Crippen LogP contribution in [0.2, 0.25) is 5.02 Å². The highest BCUT2D eigenvalue weighted by molar-refractivity contribution is 9.10. The molecular weight excluding hydrogens is 370 g/mol. The first kappa shape index (κ1) is 16.5. The average molecular weight is 383 g/mol. The largest absolute Gasteiger partial charge is 0.452 e. The Hall–Kier alpha value is -1.85. The molecule has 0 aliphatic rings. The van der Waals surface area contributed by atoms with Crippen molar-refractivity contribution in [1.29, 1.82) is 0 Å². The first-order valence-electron chi connectivity index (χ1n) is 6.48. The van der Waals surface area contributed by atoms with Gasteiger partial charge in [-0.2, -0.15) is 0 Å². The SMILES string of the molecule is O=C(COC(=O)c1ccc(Cl)cc1)NCc1ccc(Br)cc1. The molecule has 0 heterocycles. The maximum absolute atomic E-state index is 11.7. The van der Waals surface area contributed by atoms with Crippen molar-refractivity contribution in [2.75, 3.05) is 6.61 Å². The van der Waals surface area contributed by atoms with Gasteiger partial charge in [0.2, 0.25) is 0 Å². The van der Waals surface area contributed by atoms with Gasteiger partial charge in [-0.25, -0.2) is 4.79 Å². The zero-order valence-electron chi connectivity index (χ0n) is 11.5. The zero-order chi connectivity index (χ0) is 15.9. The first-order valence-corrected chi connectivity index (χ1v) is 7.65. The van der Waals surface area contributed by atoms with Crippen molar-refractivity contribution in [1.82, 2.24) is 5.32 Å². The number of esters is 1. The van der Waals surface area contributed by atoms with Gasteiger partial charge in [0.05, 0.1) is 5.56 Å². The highest BCUT2D eigenvalue weighted by Gasteiger charge is 2.09. The van der Waals surface area contributed by atoms with Crippen molar-refractivity contribution >= 4 is 39.4 Å². The van der Waals surface area contributed by atoms with Gasteiger partial charge in [0.15, 0.2) is 6.61 Å². The van der Waals surface area contributed by atoms with E-state index in [0.717, 1.165) is 10.0 Å². The molecule has 114 valence electrons. The molecule has 0 aliphatic heterocycles. The summed E-state index contributed by atoms with van der Waals surface area (Å²) in [5, 5.41) is 3.21. The normalized spacial score (nSPS) is 10.1. The van der Waals surface area contributed by atoms with E-state index in [0.29, 0.717) is 17.1 Å². The fourth-order valence-electron chi connectivity index (χ4n) is 1.65. The van der Waals surface area contributed by atoms with Crippen molar-refractivity contribution in [2.24, 2.45) is 0 Å². The predicted molar refractivity (Wildman–Crippen MR) is 87.7 cm³/mol. The molecule has 0 saturated heterocycles. The maximum Gasteiger partial charge on any atom is 0.338 e. The average Bonchev–Trinajstić information content (AvgIpc) is 2.52. The molecule has 0 spiro atoms. The van der Waals surface area contributed by atoms with E-state index in [1.807, 2.05) is 24.3 Å². The minimum atomic E-state index is -0.560. The summed E-state index contributed by atoms with van der Waals surface area (Å²) in [5.74, 6) is -0.916. The lowest BCUT2D eigenvalue weighted by Crippen LogP contribution is -2.28. The van der Waals surface area contributed by atoms with Gasteiger partial charge in [-0.3, -0.25) is 4.79 Å². The Morgan fingerprint density at radius 1 is 1.05 bits per heavy atom. The summed E-state index contributed by atoms with van der Waals surface area (Å²) in [6.45, 7) is 0.0581. The van der Waals surface area contributed by atoms with Gasteiger partial charge in [0.25, 0.3) is 5.91 Å². The van der Waals surface area contributed by atoms with Gasteiger partial charge in [-0.05, 0) is 42.0 Å². The Balaban J connectivity index is 1.76. The smallest absolute Gasteiger partial charge is 0.338 e. The molecule has 6 heteroatoms. The van der Waals surface area contributed by atoms with Crippen LogP contribution >= 0.6 is 27.5 Å². The van der Waals surface area contributed by atoms with E-state index in [4.69, 9.17) is 16.3 Å². The number of nitrogens with one attached hydrogen (secondary N) is 1. The van der Waals surface area contributed by atoms with E-state index in [2.05, 4.69) is 21.2 Å². The molecule has 1 N–H and O–H groups in total. The van der Waals surface area contributed by atoms with Crippen molar-refractivity contribution < 1.29 is 14.3 Å². The van der Waals surface area contributed by atoms with Gasteiger partial charge in [-0.15, -0.1) is 0 Å². The summed E-state index contributed by atoms with van der Waals surface area (Å²) in [4.78, 5) is 23.4. The fraction of sp³-hybridized carbons (Fsp3) is 0.125. The molecule has 2 rings (SSSR count). The minimum Gasteiger partial charge on any atom is -0.452 e. The van der Waals surface area contributed by atoms with Crippen molar-refractivity contribution in [3.05, 3.63) is 69.2 Å². The number of carbonyl (C=O) groups excluding carboxylic acids is 2. The Labute approximate surface area is 141 Å². The van der Waals surface area contributed by atoms with E-state index >= 15 is 0 Å². The standard InChI is InChI=1S/C16H13BrClNO3/c17-13-5-1-11(2-6-13)9-19-15(20)10-22-16(21)12-3-7-14(18)8-4-12/h1-8H,9-10H2,(H,19,20). The van der Waals surface area contributed by atoms with Crippen LogP contribution in [0.1, 0.15) is 15.9 Å². The second-order valence-electron chi connectivity index (χ2n) is 4.49. The summed E-state index contributed by atoms with van der Waals surface area (Å²) in [7, 11) is 0. The molecule has 2 aromatic rings. The molecule has 2 aromatic carbocycles. The Bertz CT molecular complexity index is 656. The predicted octanol–water partition coefficient (Wildman–Crippen LogP) is 3.58. The summed E-state index contributed by atoms with van der Waals surface area (Å²) in [6, 6.07) is 13.8. The van der Waals surface area contributed by atoms with E-state index in [9.17, 15) is 9.59 Å². The number of amides is 1. The van der Waals surface area contributed by atoms with Crippen LogP contribution in [-0.2, 0) is 16.1 Å². The van der Waals surface area contributed by atoms with Gasteiger partial charge >= 0.3 is 5.97 Å². The van der Waals surface area contributed by atoms with E-state index < -0.39 is 5.97 Å². The third kappa shape index (κ3) is 5.16. The summed E-state index contributed by atoms with van der Waals surface area (Å²) in [5.41, 5.74) is 1.31. The lowest BCUT2D eigenvalue weighted by atomic mass is 10.2. The van der Waals surface area contributed by atoms with Crippen molar-refractivity contribution in [3.8, 4) is 0 Å². The van der Waals surface area contributed by atoms with Crippen molar-refractivity contribution in [2.45, 2.75) is 6.54 Å². The number of hydrogen-bond donors (Lipinski definition) is 1. The van der Waals surface area contributed by atoms with E-state index in [1.54, 1.807) is 24.3 Å². The van der Waals surface area contributed by atoms with Gasteiger partial charge in [0, 0.05) is 16.0 Å². The van der Waals surface area contributed by atoms with Crippen molar-refractivity contribution in [3.63, 3.8) is 0 Å². The van der Waals surface area contributed by atoms with Gasteiger partial charge in [-0.1, -0.05) is 39.7 Å². The molecule has 0 bridgehead atoms. The van der Waals surface area contributed by atoms with Gasteiger partial charge < -0.3 is 10.1 Å². The monoisotopic (exact) mass is 381 g/mol. The molecule has 22 heavy (non-hydrogen) atoms. The topological polar surface area (TPSA) is 55.4 Å². The van der Waals surface area contributed by atoms with Crippen LogP contribution in [0.15, 0.2) is 53.0 Å². The Kier molecular flexibility index (Phi) is 5.98. The molecular formula is C16H13BrClNO3. The molecule has 0 aliphatic carbocycles. The number of hydrogen-bond acceptors (Lipinski definition) is 3. The van der Waals surface area contributed by atoms with Crippen LogP contribution in [0.3, 0.4) is 0 Å². The number of halogens is 2. The second kappa shape index (κ2) is 7.96. The van der Waals surface area contributed by atoms with E-state index in [-0.39, 0.29) is 12.5 Å². The van der Waals surface area contributed by atoms with Gasteiger partial charge in [0.1, 0.15) is 0 Å². The minimum absolute atomic E-state index is 0.321. The van der Waals surface area contributed by atoms with Crippen LogP contribution in [0.25, 0.3) is 0 Å². The third-order valence-corrected chi connectivity index (χ3v) is 3.60. The van der Waals surface area contributed by atoms with E-state index in [1.165, 1.54) is 0 Å². The molecule has 1 amide bonds. The highest BCUT2D eigenvalue weighted by atomic mass is 79.9. The summed E-state index contributed by atoms with van der Waals surface area (Å²) >= 11 is 9.07. The highest BCUT2D eigenvalue weighted by Crippen LogP contribution is 2.11. The van der Waals surface area contributed by atoms with Crippen LogP contribution in [0, 0.1) is 0 Å². The Morgan fingerprint density at radius 2 is 1.68 bits per heavy atom. The van der Waals surface area contributed by atoms with Crippen LogP contribution in [0.5, 0.6) is 0 Å². The fourth-order valence-corrected chi connectivity index (χ4v) is 2.04. The van der Waals surface area contributed by atoms with Crippen LogP contribution < -0.4 is 5.32 Å².